The lowest BCUT2D eigenvalue weighted by Gasteiger charge is -2.08. The van der Waals surface area contributed by atoms with Gasteiger partial charge in [0.25, 0.3) is 0 Å². The summed E-state index contributed by atoms with van der Waals surface area (Å²) in [5, 5.41) is 0.673. The largest absolute Gasteiger partial charge is 0.345 e. The molecule has 0 aliphatic heterocycles. The maximum absolute atomic E-state index is 11.4. The van der Waals surface area contributed by atoms with E-state index in [4.69, 9.17) is 11.6 Å². The fourth-order valence-electron chi connectivity index (χ4n) is 2.59. The van der Waals surface area contributed by atoms with Gasteiger partial charge in [-0.2, -0.15) is 0 Å². The average molecular weight is 275 g/mol. The molecule has 1 unspecified atom stereocenters. The smallest absolute Gasteiger partial charge is 0.135 e. The summed E-state index contributed by atoms with van der Waals surface area (Å²) in [5.41, 5.74) is 3.25. The van der Waals surface area contributed by atoms with Crippen molar-refractivity contribution in [3.8, 4) is 0 Å². The molecule has 98 valence electrons. The number of fused-ring (bicyclic) bond motifs is 1. The number of halogens is 1. The minimum absolute atomic E-state index is 0.331. The van der Waals surface area contributed by atoms with E-state index in [-0.39, 0.29) is 5.92 Å². The maximum Gasteiger partial charge on any atom is 0.135 e. The van der Waals surface area contributed by atoms with E-state index in [0.29, 0.717) is 5.02 Å². The Labute approximate surface area is 117 Å². The number of benzene rings is 1. The number of aryl methyl sites for hydroxylation is 2. The van der Waals surface area contributed by atoms with Crippen LogP contribution in [0, 0.1) is 0 Å². The van der Waals surface area contributed by atoms with E-state index in [2.05, 4.69) is 9.97 Å². The lowest BCUT2D eigenvalue weighted by atomic mass is 10.0. The van der Waals surface area contributed by atoms with Crippen LogP contribution in [0.1, 0.15) is 41.5 Å². The first kappa shape index (κ1) is 12.4. The molecule has 0 fully saturated rings. The average Bonchev–Trinajstić information content (AvgIpc) is 2.85. The highest BCUT2D eigenvalue weighted by Crippen LogP contribution is 2.26. The van der Waals surface area contributed by atoms with Crippen LogP contribution in [0.3, 0.4) is 0 Å². The van der Waals surface area contributed by atoms with Crippen molar-refractivity contribution in [2.45, 2.75) is 31.6 Å². The molecule has 19 heavy (non-hydrogen) atoms. The van der Waals surface area contributed by atoms with Gasteiger partial charge in [-0.25, -0.2) is 4.98 Å². The Kier molecular flexibility index (Phi) is 3.38. The Morgan fingerprint density at radius 1 is 1.21 bits per heavy atom. The summed E-state index contributed by atoms with van der Waals surface area (Å²) < 4.78 is 0. The minimum Gasteiger partial charge on any atom is -0.345 e. The SMILES string of the molecule is O=CC(c1ccc(Cl)cc1)c1nc2c([nH]1)CCCC2. The molecule has 1 aromatic heterocycles. The van der Waals surface area contributed by atoms with Crippen molar-refractivity contribution in [2.24, 2.45) is 0 Å². The fraction of sp³-hybridized carbons (Fsp3) is 0.333. The summed E-state index contributed by atoms with van der Waals surface area (Å²) >= 11 is 5.88. The summed E-state index contributed by atoms with van der Waals surface area (Å²) in [6, 6.07) is 7.36. The minimum atomic E-state index is -0.331. The summed E-state index contributed by atoms with van der Waals surface area (Å²) in [4.78, 5) is 19.3. The van der Waals surface area contributed by atoms with Gasteiger partial charge < -0.3 is 9.78 Å². The summed E-state index contributed by atoms with van der Waals surface area (Å²) in [6.45, 7) is 0. The molecule has 1 aliphatic rings. The van der Waals surface area contributed by atoms with Gasteiger partial charge in [-0.3, -0.25) is 0 Å². The second kappa shape index (κ2) is 5.17. The third-order valence-corrected chi connectivity index (χ3v) is 3.88. The highest BCUT2D eigenvalue weighted by atomic mass is 35.5. The predicted molar refractivity (Wildman–Crippen MR) is 74.6 cm³/mol. The van der Waals surface area contributed by atoms with Gasteiger partial charge in [-0.15, -0.1) is 0 Å². The van der Waals surface area contributed by atoms with Crippen LogP contribution in [0.25, 0.3) is 0 Å². The number of carbonyl (C=O) groups excluding carboxylic acids is 1. The molecule has 1 atom stereocenters. The molecule has 3 rings (SSSR count). The molecule has 0 radical (unpaired) electrons. The van der Waals surface area contributed by atoms with E-state index in [1.54, 1.807) is 12.1 Å². The number of hydrogen-bond donors (Lipinski definition) is 1. The van der Waals surface area contributed by atoms with E-state index in [0.717, 1.165) is 36.2 Å². The zero-order chi connectivity index (χ0) is 13.2. The van der Waals surface area contributed by atoms with Crippen molar-refractivity contribution in [3.63, 3.8) is 0 Å². The molecular weight excluding hydrogens is 260 g/mol. The Balaban J connectivity index is 1.95. The molecule has 0 bridgehead atoms. The maximum atomic E-state index is 11.4. The zero-order valence-corrected chi connectivity index (χ0v) is 11.3. The lowest BCUT2D eigenvalue weighted by Crippen LogP contribution is -2.04. The molecule has 0 saturated carbocycles. The molecular formula is C15H15ClN2O. The summed E-state index contributed by atoms with van der Waals surface area (Å²) in [7, 11) is 0. The number of imidazole rings is 1. The molecule has 1 aliphatic carbocycles. The number of nitrogens with zero attached hydrogens (tertiary/aromatic N) is 1. The third kappa shape index (κ3) is 2.43. The van der Waals surface area contributed by atoms with E-state index >= 15 is 0 Å². The highest BCUT2D eigenvalue weighted by molar-refractivity contribution is 6.30. The van der Waals surface area contributed by atoms with Gasteiger partial charge in [0.15, 0.2) is 0 Å². The van der Waals surface area contributed by atoms with Crippen LogP contribution in [-0.2, 0) is 17.6 Å². The van der Waals surface area contributed by atoms with Crippen LogP contribution in [0.15, 0.2) is 24.3 Å². The first-order valence-corrected chi connectivity index (χ1v) is 6.94. The predicted octanol–water partition coefficient (Wildman–Crippen LogP) is 3.27. The summed E-state index contributed by atoms with van der Waals surface area (Å²) in [6.07, 6.45) is 5.37. The normalized spacial score (nSPS) is 15.8. The van der Waals surface area contributed by atoms with E-state index in [1.807, 2.05) is 12.1 Å². The van der Waals surface area contributed by atoms with Crippen molar-refractivity contribution in [1.82, 2.24) is 9.97 Å². The van der Waals surface area contributed by atoms with Gasteiger partial charge in [0.05, 0.1) is 11.6 Å². The van der Waals surface area contributed by atoms with Crippen molar-refractivity contribution in [1.29, 1.82) is 0 Å². The van der Waals surface area contributed by atoms with Crippen molar-refractivity contribution in [3.05, 3.63) is 52.1 Å². The molecule has 0 amide bonds. The number of aromatic amines is 1. The molecule has 0 saturated heterocycles. The Morgan fingerprint density at radius 2 is 1.95 bits per heavy atom. The molecule has 3 nitrogen and oxygen atoms in total. The number of carbonyl (C=O) groups is 1. The second-order valence-corrected chi connectivity index (χ2v) is 5.36. The van der Waals surface area contributed by atoms with Gasteiger partial charge in [-0.1, -0.05) is 23.7 Å². The molecule has 1 heterocycles. The quantitative estimate of drug-likeness (QED) is 0.873. The Morgan fingerprint density at radius 3 is 2.63 bits per heavy atom. The molecule has 2 aromatic rings. The van der Waals surface area contributed by atoms with E-state index < -0.39 is 0 Å². The molecule has 1 aromatic carbocycles. The monoisotopic (exact) mass is 274 g/mol. The number of H-pyrrole nitrogens is 1. The second-order valence-electron chi connectivity index (χ2n) is 4.92. The van der Waals surface area contributed by atoms with Crippen LogP contribution in [0.5, 0.6) is 0 Å². The highest BCUT2D eigenvalue weighted by Gasteiger charge is 2.21. The number of aromatic nitrogens is 2. The van der Waals surface area contributed by atoms with E-state index in [9.17, 15) is 4.79 Å². The van der Waals surface area contributed by atoms with Gasteiger partial charge in [0, 0.05) is 10.7 Å². The first-order valence-electron chi connectivity index (χ1n) is 6.56. The Bertz CT molecular complexity index is 565. The molecule has 4 heteroatoms. The van der Waals surface area contributed by atoms with Gasteiger partial charge in [0.1, 0.15) is 12.1 Å². The number of nitrogens with one attached hydrogen (secondary N) is 1. The number of rotatable bonds is 3. The molecule has 1 N–H and O–H groups in total. The number of aldehydes is 1. The topological polar surface area (TPSA) is 45.8 Å². The van der Waals surface area contributed by atoms with Gasteiger partial charge in [0.2, 0.25) is 0 Å². The van der Waals surface area contributed by atoms with Crippen LogP contribution in [0.4, 0.5) is 0 Å². The lowest BCUT2D eigenvalue weighted by molar-refractivity contribution is -0.108. The third-order valence-electron chi connectivity index (χ3n) is 3.63. The summed E-state index contributed by atoms with van der Waals surface area (Å²) in [5.74, 6) is 0.423. The van der Waals surface area contributed by atoms with Crippen LogP contribution in [-0.4, -0.2) is 16.3 Å². The standard InChI is InChI=1S/C15H15ClN2O/c16-11-7-5-10(6-8-11)12(9-19)15-17-13-3-1-2-4-14(13)18-15/h5-9,12H,1-4H2,(H,17,18). The van der Waals surface area contributed by atoms with Crippen molar-refractivity contribution < 1.29 is 4.79 Å². The number of hydrogen-bond acceptors (Lipinski definition) is 2. The molecule has 0 spiro atoms. The van der Waals surface area contributed by atoms with Gasteiger partial charge in [-0.05, 0) is 43.4 Å². The zero-order valence-electron chi connectivity index (χ0n) is 10.5. The fourth-order valence-corrected chi connectivity index (χ4v) is 2.72. The van der Waals surface area contributed by atoms with Crippen LogP contribution >= 0.6 is 11.6 Å². The first-order chi connectivity index (χ1) is 9.28. The van der Waals surface area contributed by atoms with Crippen molar-refractivity contribution in [2.75, 3.05) is 0 Å². The van der Waals surface area contributed by atoms with Crippen LogP contribution in [0.2, 0.25) is 5.02 Å². The van der Waals surface area contributed by atoms with E-state index in [1.165, 1.54) is 18.5 Å². The van der Waals surface area contributed by atoms with Crippen molar-refractivity contribution >= 4 is 17.9 Å². The Hall–Kier alpha value is -1.61. The van der Waals surface area contributed by atoms with Crippen LogP contribution < -0.4 is 0 Å². The van der Waals surface area contributed by atoms with Gasteiger partial charge >= 0.3 is 0 Å².